The average Bonchev–Trinajstić information content (AvgIpc) is 2.90. The molecule has 0 saturated heterocycles. The Hall–Kier alpha value is -1.63. The van der Waals surface area contributed by atoms with Crippen molar-refractivity contribution < 1.29 is 14.4 Å². The number of carbonyl (C=O) groups excluding carboxylic acids is 1. The molecule has 3 N–H and O–H groups in total. The van der Waals surface area contributed by atoms with Crippen LogP contribution in [-0.4, -0.2) is 34.4 Å². The molecule has 1 rings (SSSR count). The van der Waals surface area contributed by atoms with E-state index < -0.39 is 0 Å². The van der Waals surface area contributed by atoms with Gasteiger partial charge in [0.25, 0.3) is 0 Å². The molecule has 0 unspecified atom stereocenters. The molecule has 0 aliphatic carbocycles. The Bertz CT molecular complexity index is 477. The highest BCUT2D eigenvalue weighted by molar-refractivity contribution is 5.73. The molecule has 1 aromatic heterocycles. The molecule has 0 bridgehead atoms. The van der Waals surface area contributed by atoms with E-state index in [-0.39, 0.29) is 30.0 Å². The molecule has 7 nitrogen and oxygen atoms in total. The fourth-order valence-corrected chi connectivity index (χ4v) is 1.70. The first-order chi connectivity index (χ1) is 10.1. The Morgan fingerprint density at radius 2 is 1.91 bits per heavy atom. The van der Waals surface area contributed by atoms with Gasteiger partial charge in [0.15, 0.2) is 5.82 Å². The lowest BCUT2D eigenvalue weighted by Gasteiger charge is -2.21. The van der Waals surface area contributed by atoms with E-state index in [4.69, 9.17) is 9.63 Å². The number of amides is 2. The van der Waals surface area contributed by atoms with Crippen LogP contribution in [0.4, 0.5) is 4.79 Å². The van der Waals surface area contributed by atoms with Crippen LogP contribution in [0.15, 0.2) is 4.52 Å². The number of rotatable bonds is 7. The zero-order valence-corrected chi connectivity index (χ0v) is 14.2. The van der Waals surface area contributed by atoms with Crippen LogP contribution < -0.4 is 10.6 Å². The Labute approximate surface area is 131 Å². The largest absolute Gasteiger partial charge is 0.396 e. The number of carbonyl (C=O) groups is 1. The third kappa shape index (κ3) is 6.43. The van der Waals surface area contributed by atoms with E-state index in [2.05, 4.69) is 20.8 Å². The van der Waals surface area contributed by atoms with Gasteiger partial charge in [-0.3, -0.25) is 0 Å². The minimum Gasteiger partial charge on any atom is -0.396 e. The van der Waals surface area contributed by atoms with Gasteiger partial charge in [0.2, 0.25) is 5.89 Å². The number of nitrogens with one attached hydrogen (secondary N) is 2. The maximum atomic E-state index is 11.7. The fourth-order valence-electron chi connectivity index (χ4n) is 1.70. The summed E-state index contributed by atoms with van der Waals surface area (Å²) in [5.74, 6) is 1.01. The Balaban J connectivity index is 2.25. The summed E-state index contributed by atoms with van der Waals surface area (Å²) in [6.07, 6.45) is 1.67. The molecule has 1 aromatic rings. The monoisotopic (exact) mass is 312 g/mol. The van der Waals surface area contributed by atoms with Crippen molar-refractivity contribution >= 4 is 6.03 Å². The molecule has 0 aromatic carbocycles. The van der Waals surface area contributed by atoms with Crippen LogP contribution in [0.25, 0.3) is 0 Å². The van der Waals surface area contributed by atoms with Gasteiger partial charge in [-0.15, -0.1) is 0 Å². The second-order valence-corrected chi connectivity index (χ2v) is 7.30. The molecule has 0 atom stereocenters. The normalized spacial score (nSPS) is 12.3. The highest BCUT2D eigenvalue weighted by atomic mass is 16.5. The zero-order chi connectivity index (χ0) is 16.8. The van der Waals surface area contributed by atoms with Crippen molar-refractivity contribution in [2.75, 3.05) is 13.2 Å². The fraction of sp³-hybridized carbons (Fsp3) is 0.800. The Kier molecular flexibility index (Phi) is 6.34. The SMILES string of the molecule is CC(C)(CO)CCCNC(=O)NCc1noc(C(C)(C)C)n1. The maximum absolute atomic E-state index is 11.7. The highest BCUT2D eigenvalue weighted by Gasteiger charge is 2.21. The Morgan fingerprint density at radius 3 is 2.45 bits per heavy atom. The molecule has 0 saturated carbocycles. The van der Waals surface area contributed by atoms with Crippen molar-refractivity contribution in [2.45, 2.75) is 59.4 Å². The van der Waals surface area contributed by atoms with E-state index in [0.29, 0.717) is 18.3 Å². The molecule has 0 radical (unpaired) electrons. The molecule has 126 valence electrons. The van der Waals surface area contributed by atoms with E-state index in [1.807, 2.05) is 34.6 Å². The van der Waals surface area contributed by atoms with Crippen molar-refractivity contribution in [1.29, 1.82) is 0 Å². The molecule has 22 heavy (non-hydrogen) atoms. The summed E-state index contributed by atoms with van der Waals surface area (Å²) in [4.78, 5) is 15.9. The van der Waals surface area contributed by atoms with Crippen molar-refractivity contribution in [1.82, 2.24) is 20.8 Å². The first-order valence-electron chi connectivity index (χ1n) is 7.60. The van der Waals surface area contributed by atoms with E-state index in [9.17, 15) is 4.79 Å². The quantitative estimate of drug-likeness (QED) is 0.668. The molecule has 0 aliphatic rings. The Morgan fingerprint density at radius 1 is 1.23 bits per heavy atom. The third-order valence-corrected chi connectivity index (χ3v) is 3.26. The summed E-state index contributed by atoms with van der Waals surface area (Å²) in [7, 11) is 0. The molecule has 7 heteroatoms. The lowest BCUT2D eigenvalue weighted by atomic mass is 9.89. The molecule has 0 aliphatic heterocycles. The lowest BCUT2D eigenvalue weighted by Crippen LogP contribution is -2.36. The van der Waals surface area contributed by atoms with Gasteiger partial charge in [0.1, 0.15) is 0 Å². The maximum Gasteiger partial charge on any atom is 0.315 e. The van der Waals surface area contributed by atoms with Gasteiger partial charge in [-0.05, 0) is 18.3 Å². The van der Waals surface area contributed by atoms with Gasteiger partial charge < -0.3 is 20.3 Å². The molecule has 0 spiro atoms. The van der Waals surface area contributed by atoms with Crippen LogP contribution in [-0.2, 0) is 12.0 Å². The molecule has 1 heterocycles. The standard InChI is InChI=1S/C15H28N4O3/c1-14(2,3)12-18-11(19-22-12)9-17-13(21)16-8-6-7-15(4,5)10-20/h20H,6-10H2,1-5H3,(H2,16,17,21). The molecule has 2 amide bonds. The summed E-state index contributed by atoms with van der Waals surface area (Å²) in [5, 5.41) is 18.4. The summed E-state index contributed by atoms with van der Waals surface area (Å²) in [6.45, 7) is 10.9. The molecule has 0 fully saturated rings. The van der Waals surface area contributed by atoms with Crippen LogP contribution in [0.5, 0.6) is 0 Å². The van der Waals surface area contributed by atoms with Crippen LogP contribution in [0.1, 0.15) is 59.2 Å². The van der Waals surface area contributed by atoms with Gasteiger partial charge in [-0.2, -0.15) is 4.98 Å². The molecular weight excluding hydrogens is 284 g/mol. The average molecular weight is 312 g/mol. The van der Waals surface area contributed by atoms with E-state index in [0.717, 1.165) is 12.8 Å². The van der Waals surface area contributed by atoms with Crippen molar-refractivity contribution in [3.8, 4) is 0 Å². The lowest BCUT2D eigenvalue weighted by molar-refractivity contribution is 0.148. The van der Waals surface area contributed by atoms with E-state index in [1.54, 1.807) is 0 Å². The molecular formula is C15H28N4O3. The number of hydrogen-bond acceptors (Lipinski definition) is 5. The van der Waals surface area contributed by atoms with Crippen LogP contribution >= 0.6 is 0 Å². The van der Waals surface area contributed by atoms with Gasteiger partial charge >= 0.3 is 6.03 Å². The predicted molar refractivity (Wildman–Crippen MR) is 83.3 cm³/mol. The number of aliphatic hydroxyl groups excluding tert-OH is 1. The minimum absolute atomic E-state index is 0.105. The highest BCUT2D eigenvalue weighted by Crippen LogP contribution is 2.20. The van der Waals surface area contributed by atoms with Crippen molar-refractivity contribution in [3.05, 3.63) is 11.7 Å². The first-order valence-corrected chi connectivity index (χ1v) is 7.60. The number of nitrogens with zero attached hydrogens (tertiary/aromatic N) is 2. The van der Waals surface area contributed by atoms with Gasteiger partial charge in [-0.25, -0.2) is 4.79 Å². The second kappa shape index (κ2) is 7.58. The number of aliphatic hydroxyl groups is 1. The summed E-state index contributed by atoms with van der Waals surface area (Å²) < 4.78 is 5.15. The van der Waals surface area contributed by atoms with Crippen LogP contribution in [0, 0.1) is 5.41 Å². The summed E-state index contributed by atoms with van der Waals surface area (Å²) in [6, 6.07) is -0.260. The van der Waals surface area contributed by atoms with Crippen molar-refractivity contribution in [2.24, 2.45) is 5.41 Å². The first kappa shape index (κ1) is 18.4. The van der Waals surface area contributed by atoms with Gasteiger partial charge in [0.05, 0.1) is 6.54 Å². The van der Waals surface area contributed by atoms with Gasteiger partial charge in [-0.1, -0.05) is 39.8 Å². The number of aromatic nitrogens is 2. The van der Waals surface area contributed by atoms with Crippen LogP contribution in [0.3, 0.4) is 0 Å². The van der Waals surface area contributed by atoms with Crippen molar-refractivity contribution in [3.63, 3.8) is 0 Å². The van der Waals surface area contributed by atoms with Gasteiger partial charge in [0, 0.05) is 18.6 Å². The number of hydrogen-bond donors (Lipinski definition) is 3. The smallest absolute Gasteiger partial charge is 0.315 e. The van der Waals surface area contributed by atoms with E-state index in [1.165, 1.54) is 0 Å². The topological polar surface area (TPSA) is 100 Å². The van der Waals surface area contributed by atoms with Crippen LogP contribution in [0.2, 0.25) is 0 Å². The number of urea groups is 1. The van der Waals surface area contributed by atoms with E-state index >= 15 is 0 Å². The summed E-state index contributed by atoms with van der Waals surface area (Å²) >= 11 is 0. The zero-order valence-electron chi connectivity index (χ0n) is 14.2. The summed E-state index contributed by atoms with van der Waals surface area (Å²) in [5.41, 5.74) is -0.306. The second-order valence-electron chi connectivity index (χ2n) is 7.30. The minimum atomic E-state index is -0.260. The predicted octanol–water partition coefficient (Wildman–Crippen LogP) is 1.97. The third-order valence-electron chi connectivity index (χ3n) is 3.26.